The van der Waals surface area contributed by atoms with Gasteiger partial charge in [-0.25, -0.2) is 0 Å². The summed E-state index contributed by atoms with van der Waals surface area (Å²) >= 11 is 0. The Morgan fingerprint density at radius 2 is 1.85 bits per heavy atom. The van der Waals surface area contributed by atoms with Gasteiger partial charge in [0.2, 0.25) is 5.91 Å². The summed E-state index contributed by atoms with van der Waals surface area (Å²) in [7, 11) is 0. The molecule has 0 bridgehead atoms. The number of amides is 1. The van der Waals surface area contributed by atoms with Crippen LogP contribution in [0.25, 0.3) is 0 Å². The lowest BCUT2D eigenvalue weighted by atomic mass is 9.79. The molecule has 1 fully saturated rings. The lowest BCUT2D eigenvalue weighted by molar-refractivity contribution is -0.123. The molecule has 2 heteroatoms. The molecule has 0 heterocycles. The number of hydrogen-bond acceptors (Lipinski definition) is 1. The van der Waals surface area contributed by atoms with E-state index in [4.69, 9.17) is 0 Å². The van der Waals surface area contributed by atoms with Gasteiger partial charge in [-0.15, -0.1) is 0 Å². The summed E-state index contributed by atoms with van der Waals surface area (Å²) in [5.74, 6) is 0.212. The van der Waals surface area contributed by atoms with Gasteiger partial charge in [-0.3, -0.25) is 4.79 Å². The fourth-order valence-corrected chi connectivity index (χ4v) is 2.18. The third-order valence-electron chi connectivity index (χ3n) is 3.21. The molecule has 0 aromatic rings. The summed E-state index contributed by atoms with van der Waals surface area (Å²) in [6.07, 6.45) is 7.93. The van der Waals surface area contributed by atoms with E-state index in [0.29, 0.717) is 6.42 Å². The van der Waals surface area contributed by atoms with Crippen LogP contribution in [0.5, 0.6) is 0 Å². The molecule has 0 spiro atoms. The third kappa shape index (κ3) is 2.71. The number of carbonyl (C=O) groups is 1. The minimum atomic E-state index is 0.144. The number of rotatable bonds is 3. The standard InChI is InChI=1S/C11H21NO/c1-3-10(13)12-11(4-2)8-6-5-7-9-11/h3-9H2,1-2H3,(H,12,13). The SMILES string of the molecule is CCC(=O)NC1(CC)CCCCC1. The van der Waals surface area contributed by atoms with E-state index in [1.165, 1.54) is 32.1 Å². The van der Waals surface area contributed by atoms with Crippen LogP contribution in [0.2, 0.25) is 0 Å². The quantitative estimate of drug-likeness (QED) is 0.716. The molecule has 0 aromatic heterocycles. The van der Waals surface area contributed by atoms with Crippen LogP contribution in [0, 0.1) is 0 Å². The van der Waals surface area contributed by atoms with E-state index in [-0.39, 0.29) is 11.4 Å². The average Bonchev–Trinajstić information content (AvgIpc) is 2.19. The Labute approximate surface area is 81.1 Å². The van der Waals surface area contributed by atoms with Crippen molar-refractivity contribution in [1.29, 1.82) is 0 Å². The molecule has 0 aliphatic heterocycles. The zero-order chi connectivity index (χ0) is 9.73. The Kier molecular flexibility index (Phi) is 3.76. The van der Waals surface area contributed by atoms with Crippen LogP contribution in [0.4, 0.5) is 0 Å². The van der Waals surface area contributed by atoms with E-state index in [2.05, 4.69) is 12.2 Å². The van der Waals surface area contributed by atoms with Crippen LogP contribution in [0.15, 0.2) is 0 Å². The van der Waals surface area contributed by atoms with E-state index in [1.807, 2.05) is 6.92 Å². The van der Waals surface area contributed by atoms with Crippen molar-refractivity contribution in [1.82, 2.24) is 5.32 Å². The largest absolute Gasteiger partial charge is 0.351 e. The van der Waals surface area contributed by atoms with Gasteiger partial charge in [0.05, 0.1) is 0 Å². The lowest BCUT2D eigenvalue weighted by Crippen LogP contribution is -2.49. The second kappa shape index (κ2) is 4.64. The van der Waals surface area contributed by atoms with E-state index < -0.39 is 0 Å². The first-order chi connectivity index (χ1) is 6.22. The van der Waals surface area contributed by atoms with E-state index in [0.717, 1.165) is 6.42 Å². The molecule has 1 aliphatic carbocycles. The molecule has 13 heavy (non-hydrogen) atoms. The fourth-order valence-electron chi connectivity index (χ4n) is 2.18. The third-order valence-corrected chi connectivity index (χ3v) is 3.21. The van der Waals surface area contributed by atoms with Crippen molar-refractivity contribution in [2.45, 2.75) is 64.3 Å². The molecule has 0 aromatic carbocycles. The second-order valence-corrected chi connectivity index (χ2v) is 4.10. The van der Waals surface area contributed by atoms with Gasteiger partial charge in [-0.2, -0.15) is 0 Å². The van der Waals surface area contributed by atoms with E-state index in [9.17, 15) is 4.79 Å². The first kappa shape index (κ1) is 10.6. The van der Waals surface area contributed by atoms with Crippen LogP contribution < -0.4 is 5.32 Å². The van der Waals surface area contributed by atoms with Crippen LogP contribution in [0.1, 0.15) is 58.8 Å². The van der Waals surface area contributed by atoms with Gasteiger partial charge >= 0.3 is 0 Å². The van der Waals surface area contributed by atoms with E-state index in [1.54, 1.807) is 0 Å². The Morgan fingerprint density at radius 3 is 2.31 bits per heavy atom. The van der Waals surface area contributed by atoms with Crippen molar-refractivity contribution in [2.75, 3.05) is 0 Å². The minimum absolute atomic E-state index is 0.144. The molecule has 76 valence electrons. The molecule has 1 amide bonds. The van der Waals surface area contributed by atoms with Crippen molar-refractivity contribution in [2.24, 2.45) is 0 Å². The Morgan fingerprint density at radius 1 is 1.23 bits per heavy atom. The van der Waals surface area contributed by atoms with Gasteiger partial charge in [0, 0.05) is 12.0 Å². The first-order valence-electron chi connectivity index (χ1n) is 5.53. The van der Waals surface area contributed by atoms with Gasteiger partial charge in [0.1, 0.15) is 0 Å². The number of carbonyl (C=O) groups excluding carboxylic acids is 1. The summed E-state index contributed by atoms with van der Waals surface area (Å²) in [6, 6.07) is 0. The molecule has 0 atom stereocenters. The summed E-state index contributed by atoms with van der Waals surface area (Å²) in [5.41, 5.74) is 0.144. The molecule has 0 unspecified atom stereocenters. The molecular formula is C11H21NO. The summed E-state index contributed by atoms with van der Waals surface area (Å²) in [4.78, 5) is 11.3. The molecule has 1 aliphatic rings. The molecule has 1 saturated carbocycles. The van der Waals surface area contributed by atoms with Gasteiger partial charge in [-0.1, -0.05) is 33.1 Å². The van der Waals surface area contributed by atoms with Crippen LogP contribution in [-0.2, 0) is 4.79 Å². The Balaban J connectivity index is 2.52. The average molecular weight is 183 g/mol. The predicted octanol–water partition coefficient (Wildman–Crippen LogP) is 2.63. The monoisotopic (exact) mass is 183 g/mol. The minimum Gasteiger partial charge on any atom is -0.351 e. The number of nitrogens with one attached hydrogen (secondary N) is 1. The highest BCUT2D eigenvalue weighted by molar-refractivity contribution is 5.76. The summed E-state index contributed by atoms with van der Waals surface area (Å²) < 4.78 is 0. The first-order valence-corrected chi connectivity index (χ1v) is 5.53. The maximum atomic E-state index is 11.3. The summed E-state index contributed by atoms with van der Waals surface area (Å²) in [6.45, 7) is 4.10. The highest BCUT2D eigenvalue weighted by Gasteiger charge is 2.30. The highest BCUT2D eigenvalue weighted by Crippen LogP contribution is 2.30. The predicted molar refractivity (Wildman–Crippen MR) is 54.5 cm³/mol. The molecule has 0 radical (unpaired) electrons. The topological polar surface area (TPSA) is 29.1 Å². The Bertz CT molecular complexity index is 171. The van der Waals surface area contributed by atoms with Crippen molar-refractivity contribution in [3.8, 4) is 0 Å². The van der Waals surface area contributed by atoms with Crippen LogP contribution >= 0.6 is 0 Å². The maximum absolute atomic E-state index is 11.3. The van der Waals surface area contributed by atoms with Crippen molar-refractivity contribution in [3.63, 3.8) is 0 Å². The fraction of sp³-hybridized carbons (Fsp3) is 0.909. The molecule has 1 rings (SSSR count). The molecular weight excluding hydrogens is 162 g/mol. The van der Waals surface area contributed by atoms with E-state index >= 15 is 0 Å². The normalized spacial score (nSPS) is 21.1. The van der Waals surface area contributed by atoms with Crippen LogP contribution in [0.3, 0.4) is 0 Å². The zero-order valence-electron chi connectivity index (χ0n) is 8.86. The molecule has 0 saturated heterocycles. The van der Waals surface area contributed by atoms with Crippen LogP contribution in [-0.4, -0.2) is 11.4 Å². The van der Waals surface area contributed by atoms with Gasteiger partial charge < -0.3 is 5.32 Å². The molecule has 2 nitrogen and oxygen atoms in total. The van der Waals surface area contributed by atoms with Crippen molar-refractivity contribution < 1.29 is 4.79 Å². The van der Waals surface area contributed by atoms with Crippen molar-refractivity contribution in [3.05, 3.63) is 0 Å². The lowest BCUT2D eigenvalue weighted by Gasteiger charge is -2.37. The smallest absolute Gasteiger partial charge is 0.220 e. The molecule has 1 N–H and O–H groups in total. The highest BCUT2D eigenvalue weighted by atomic mass is 16.1. The van der Waals surface area contributed by atoms with Gasteiger partial charge in [-0.05, 0) is 19.3 Å². The zero-order valence-corrected chi connectivity index (χ0v) is 8.86. The van der Waals surface area contributed by atoms with Gasteiger partial charge in [0.15, 0.2) is 0 Å². The van der Waals surface area contributed by atoms with Gasteiger partial charge in [0.25, 0.3) is 0 Å². The number of hydrogen-bond donors (Lipinski definition) is 1. The Hall–Kier alpha value is -0.530. The second-order valence-electron chi connectivity index (χ2n) is 4.10. The summed E-state index contributed by atoms with van der Waals surface area (Å²) in [5, 5.41) is 3.19. The van der Waals surface area contributed by atoms with Crippen molar-refractivity contribution >= 4 is 5.91 Å². The maximum Gasteiger partial charge on any atom is 0.220 e.